The Kier molecular flexibility index (Phi) is 8.49. The van der Waals surface area contributed by atoms with Crippen molar-refractivity contribution in [3.63, 3.8) is 0 Å². The van der Waals surface area contributed by atoms with Crippen LogP contribution in [0.25, 0.3) is 5.69 Å². The third-order valence-electron chi connectivity index (χ3n) is 6.23. The third-order valence-corrected chi connectivity index (χ3v) is 7.84. The van der Waals surface area contributed by atoms with Gasteiger partial charge < -0.3 is 10.1 Å². The summed E-state index contributed by atoms with van der Waals surface area (Å²) in [6.07, 6.45) is 0.472. The van der Waals surface area contributed by atoms with Crippen molar-refractivity contribution in [3.8, 4) is 17.3 Å². The van der Waals surface area contributed by atoms with Gasteiger partial charge in [0.15, 0.2) is 5.69 Å². The van der Waals surface area contributed by atoms with Crippen molar-refractivity contribution < 1.29 is 27.3 Å². The van der Waals surface area contributed by atoms with Crippen LogP contribution in [0.2, 0.25) is 0 Å². The van der Waals surface area contributed by atoms with Gasteiger partial charge in [0.1, 0.15) is 16.5 Å². The Hall–Kier alpha value is -4.62. The molecule has 13 heteroatoms. The topological polar surface area (TPSA) is 145 Å². The number of carbonyl (C=O) groups excluding carboxylic acids is 1. The summed E-state index contributed by atoms with van der Waals surface area (Å²) in [4.78, 5) is 23.5. The largest absolute Gasteiger partial charge is 0.437 e. The first-order valence-corrected chi connectivity index (χ1v) is 14.1. The SMILES string of the molecule is CCC(C)NS(=O)(=O)c1cc([N+](=O)[O-])ccc1Oc1c(C)c(C(=O)Nc2cccc(C)c2)nn1-c1ccc(F)cc1. The van der Waals surface area contributed by atoms with Gasteiger partial charge in [-0.1, -0.05) is 19.1 Å². The van der Waals surface area contributed by atoms with Crippen LogP contribution >= 0.6 is 0 Å². The molecular weight excluding hydrogens is 553 g/mol. The van der Waals surface area contributed by atoms with Gasteiger partial charge in [0.05, 0.1) is 10.6 Å². The van der Waals surface area contributed by atoms with E-state index < -0.39 is 43.3 Å². The van der Waals surface area contributed by atoms with Crippen LogP contribution in [0, 0.1) is 29.8 Å². The molecule has 0 aliphatic carbocycles. The first-order valence-electron chi connectivity index (χ1n) is 12.6. The maximum Gasteiger partial charge on any atom is 0.276 e. The molecule has 0 fully saturated rings. The highest BCUT2D eigenvalue weighted by Gasteiger charge is 2.28. The molecule has 3 aromatic carbocycles. The van der Waals surface area contributed by atoms with Gasteiger partial charge in [-0.2, -0.15) is 9.78 Å². The van der Waals surface area contributed by atoms with E-state index in [1.807, 2.05) is 13.0 Å². The Bertz CT molecular complexity index is 1720. The molecule has 1 amide bonds. The average molecular weight is 582 g/mol. The van der Waals surface area contributed by atoms with Gasteiger partial charge in [0.25, 0.3) is 11.6 Å². The molecule has 41 heavy (non-hydrogen) atoms. The first kappa shape index (κ1) is 29.4. The molecule has 2 N–H and O–H groups in total. The molecular formula is C28H28FN5O6S. The normalized spacial score (nSPS) is 12.1. The summed E-state index contributed by atoms with van der Waals surface area (Å²) in [5.74, 6) is -1.34. The summed E-state index contributed by atoms with van der Waals surface area (Å²) in [5.41, 5.74) is 1.55. The number of non-ortho nitro benzene ring substituents is 1. The Morgan fingerprint density at radius 2 is 1.83 bits per heavy atom. The molecule has 0 radical (unpaired) electrons. The van der Waals surface area contributed by atoms with E-state index >= 15 is 0 Å². The molecule has 214 valence electrons. The highest BCUT2D eigenvalue weighted by Crippen LogP contribution is 2.36. The van der Waals surface area contributed by atoms with Gasteiger partial charge in [-0.3, -0.25) is 14.9 Å². The number of ether oxygens (including phenoxy) is 1. The number of benzene rings is 3. The molecule has 0 spiro atoms. The number of rotatable bonds is 10. The first-order chi connectivity index (χ1) is 19.4. The van der Waals surface area contributed by atoms with E-state index in [-0.39, 0.29) is 22.9 Å². The van der Waals surface area contributed by atoms with Gasteiger partial charge in [0, 0.05) is 29.4 Å². The zero-order valence-corrected chi connectivity index (χ0v) is 23.5. The minimum atomic E-state index is -4.27. The monoisotopic (exact) mass is 581 g/mol. The Labute approximate surface area is 236 Å². The molecule has 1 heterocycles. The van der Waals surface area contributed by atoms with Crippen molar-refractivity contribution in [1.29, 1.82) is 0 Å². The number of aryl methyl sites for hydroxylation is 1. The molecule has 1 atom stereocenters. The standard InChI is InChI=1S/C28H28FN5O6S/c1-5-18(3)32-41(38,39)25-16-23(34(36)37)13-14-24(25)40-28-19(4)26(27(35)30-21-8-6-7-17(2)15-21)31-33(28)22-11-9-20(29)10-12-22/h6-16,18,32H,5H2,1-4H3,(H,30,35). The van der Waals surface area contributed by atoms with Gasteiger partial charge >= 0.3 is 0 Å². The molecule has 4 aromatic rings. The summed E-state index contributed by atoms with van der Waals surface area (Å²) >= 11 is 0. The minimum Gasteiger partial charge on any atom is -0.437 e. The number of sulfonamides is 1. The number of halogens is 1. The lowest BCUT2D eigenvalue weighted by Crippen LogP contribution is -2.32. The highest BCUT2D eigenvalue weighted by molar-refractivity contribution is 7.89. The van der Waals surface area contributed by atoms with Crippen molar-refractivity contribution >= 4 is 27.3 Å². The predicted octanol–water partition coefficient (Wildman–Crippen LogP) is 5.66. The smallest absolute Gasteiger partial charge is 0.276 e. The quantitative estimate of drug-likeness (QED) is 0.182. The van der Waals surface area contributed by atoms with Crippen molar-refractivity contribution in [2.75, 3.05) is 5.32 Å². The predicted molar refractivity (Wildman–Crippen MR) is 151 cm³/mol. The van der Waals surface area contributed by atoms with E-state index in [1.165, 1.54) is 28.9 Å². The number of nitro benzene ring substituents is 1. The molecule has 1 aromatic heterocycles. The minimum absolute atomic E-state index is 0.0325. The molecule has 0 aliphatic heterocycles. The fourth-order valence-electron chi connectivity index (χ4n) is 3.91. The summed E-state index contributed by atoms with van der Waals surface area (Å²) < 4.78 is 50.0. The summed E-state index contributed by atoms with van der Waals surface area (Å²) in [5, 5.41) is 18.6. The molecule has 0 saturated carbocycles. The van der Waals surface area contributed by atoms with Crippen LogP contribution in [0.1, 0.15) is 41.9 Å². The van der Waals surface area contributed by atoms with Gasteiger partial charge in [0.2, 0.25) is 15.9 Å². The molecule has 0 saturated heterocycles. The second-order valence-corrected chi connectivity index (χ2v) is 11.1. The van der Waals surface area contributed by atoms with Crippen molar-refractivity contribution in [2.24, 2.45) is 0 Å². The number of carbonyl (C=O) groups is 1. The molecule has 0 bridgehead atoms. The van der Waals surface area contributed by atoms with E-state index in [0.717, 1.165) is 23.8 Å². The van der Waals surface area contributed by atoms with E-state index in [1.54, 1.807) is 39.0 Å². The van der Waals surface area contributed by atoms with Gasteiger partial charge in [-0.05, 0) is 75.2 Å². The maximum atomic E-state index is 13.7. The van der Waals surface area contributed by atoms with E-state index in [4.69, 9.17) is 4.74 Å². The fraction of sp³-hybridized carbons (Fsp3) is 0.214. The molecule has 1 unspecified atom stereocenters. The lowest BCUT2D eigenvalue weighted by molar-refractivity contribution is -0.385. The van der Waals surface area contributed by atoms with Crippen LogP contribution in [-0.2, 0) is 10.0 Å². The van der Waals surface area contributed by atoms with Crippen LogP contribution in [-0.4, -0.2) is 35.1 Å². The number of nitro groups is 1. The van der Waals surface area contributed by atoms with Crippen LogP contribution in [0.3, 0.4) is 0 Å². The lowest BCUT2D eigenvalue weighted by Gasteiger charge is -2.16. The summed E-state index contributed by atoms with van der Waals surface area (Å²) in [7, 11) is -4.27. The molecule has 11 nitrogen and oxygen atoms in total. The maximum absolute atomic E-state index is 13.7. The van der Waals surface area contributed by atoms with Crippen molar-refractivity contribution in [1.82, 2.24) is 14.5 Å². The van der Waals surface area contributed by atoms with Gasteiger partial charge in [-0.15, -0.1) is 0 Å². The number of aromatic nitrogens is 2. The van der Waals surface area contributed by atoms with E-state index in [0.29, 0.717) is 17.8 Å². The zero-order chi connectivity index (χ0) is 29.9. The third kappa shape index (κ3) is 6.58. The van der Waals surface area contributed by atoms with Crippen LogP contribution < -0.4 is 14.8 Å². The Morgan fingerprint density at radius 3 is 2.46 bits per heavy atom. The second-order valence-electron chi connectivity index (χ2n) is 9.41. The number of anilines is 1. The average Bonchev–Trinajstić information content (AvgIpc) is 3.24. The Balaban J connectivity index is 1.84. The fourth-order valence-corrected chi connectivity index (χ4v) is 5.38. The number of nitrogens with zero attached hydrogens (tertiary/aromatic N) is 3. The molecule has 0 aliphatic rings. The van der Waals surface area contributed by atoms with Crippen molar-refractivity contribution in [3.05, 3.63) is 99.5 Å². The van der Waals surface area contributed by atoms with Crippen LogP contribution in [0.15, 0.2) is 71.6 Å². The lowest BCUT2D eigenvalue weighted by atomic mass is 10.2. The Morgan fingerprint density at radius 1 is 1.12 bits per heavy atom. The van der Waals surface area contributed by atoms with E-state index in [2.05, 4.69) is 15.1 Å². The number of nitrogens with one attached hydrogen (secondary N) is 2. The summed E-state index contributed by atoms with van der Waals surface area (Å²) in [6, 6.07) is 15.1. The second kappa shape index (κ2) is 11.9. The zero-order valence-electron chi connectivity index (χ0n) is 22.7. The number of hydrogen-bond donors (Lipinski definition) is 2. The van der Waals surface area contributed by atoms with Crippen molar-refractivity contribution in [2.45, 2.75) is 45.1 Å². The van der Waals surface area contributed by atoms with Gasteiger partial charge in [-0.25, -0.2) is 17.5 Å². The summed E-state index contributed by atoms with van der Waals surface area (Å²) in [6.45, 7) is 6.88. The highest BCUT2D eigenvalue weighted by atomic mass is 32.2. The van der Waals surface area contributed by atoms with Crippen LogP contribution in [0.5, 0.6) is 11.6 Å². The van der Waals surface area contributed by atoms with Crippen LogP contribution in [0.4, 0.5) is 15.8 Å². The number of hydrogen-bond acceptors (Lipinski definition) is 7. The molecule has 4 rings (SSSR count). The van der Waals surface area contributed by atoms with E-state index in [9.17, 15) is 27.7 Å². The number of amides is 1.